The standard InChI is InChI=1S/C58H38N2O2/c1-35-25-51-45-17-9-11-19-55(45)61-57(51)33-53(35)59(41-13-5-3-6-14-41)43-23-21-37-29-47-48-30-38-22-24-44(28-40(38)32-50(48)49(47)31-39(37)27-43)60(42-15-7-4-8-16-42)54-34-58-52(26-36(54)2)46-18-10-12-20-56(46)62-58/h3-34H,1-2H3. The van der Waals surface area contributed by atoms with E-state index in [1.807, 2.05) is 24.3 Å². The Bertz CT molecular complexity index is 3540. The van der Waals surface area contributed by atoms with E-state index in [4.69, 9.17) is 8.83 Å². The van der Waals surface area contributed by atoms with Crippen LogP contribution in [-0.4, -0.2) is 0 Å². The molecule has 0 amide bonds. The molecule has 0 unspecified atom stereocenters. The van der Waals surface area contributed by atoms with E-state index in [-0.39, 0.29) is 0 Å². The van der Waals surface area contributed by atoms with Gasteiger partial charge in [-0.25, -0.2) is 0 Å². The van der Waals surface area contributed by atoms with Crippen LogP contribution >= 0.6 is 0 Å². The lowest BCUT2D eigenvalue weighted by Gasteiger charge is -2.29. The van der Waals surface area contributed by atoms with Crippen molar-refractivity contribution in [3.8, 4) is 22.3 Å². The minimum Gasteiger partial charge on any atom is -0.456 e. The van der Waals surface area contributed by atoms with E-state index in [2.05, 4.69) is 194 Å². The molecule has 2 heterocycles. The van der Waals surface area contributed by atoms with Crippen LogP contribution in [0.25, 0.3) is 87.7 Å². The second-order valence-electron chi connectivity index (χ2n) is 16.7. The molecule has 0 saturated carbocycles. The van der Waals surface area contributed by atoms with Gasteiger partial charge in [-0.15, -0.1) is 0 Å². The molecule has 0 spiro atoms. The average molecular weight is 795 g/mol. The van der Waals surface area contributed by atoms with Crippen molar-refractivity contribution in [2.24, 2.45) is 0 Å². The van der Waals surface area contributed by atoms with E-state index in [1.54, 1.807) is 0 Å². The third kappa shape index (κ3) is 5.26. The molecular formula is C58H38N2O2. The molecule has 292 valence electrons. The van der Waals surface area contributed by atoms with E-state index in [9.17, 15) is 0 Å². The summed E-state index contributed by atoms with van der Waals surface area (Å²) in [6.45, 7) is 4.39. The molecule has 0 N–H and O–H groups in total. The number of anilines is 6. The number of hydrogen-bond donors (Lipinski definition) is 0. The Kier molecular flexibility index (Phi) is 7.40. The first kappa shape index (κ1) is 34.8. The highest BCUT2D eigenvalue weighted by Crippen LogP contribution is 2.52. The predicted octanol–water partition coefficient (Wildman–Crippen LogP) is 17.0. The third-order valence-electron chi connectivity index (χ3n) is 12.9. The first-order chi connectivity index (χ1) is 30.5. The maximum absolute atomic E-state index is 6.40. The molecule has 0 fully saturated rings. The SMILES string of the molecule is Cc1cc2c(cc1N(c1ccccc1)c1ccc3cc4c(cc3c1)-c1cc3cc(N(c5ccccc5)c5cc6oc7ccccc7c6cc5C)ccc3cc1-4)oc1ccccc12. The maximum Gasteiger partial charge on any atom is 0.137 e. The molecule has 12 aromatic rings. The van der Waals surface area contributed by atoms with Crippen molar-refractivity contribution in [3.63, 3.8) is 0 Å². The van der Waals surface area contributed by atoms with Crippen molar-refractivity contribution in [2.75, 3.05) is 9.80 Å². The zero-order valence-electron chi connectivity index (χ0n) is 34.2. The van der Waals surface area contributed by atoms with Crippen molar-refractivity contribution >= 4 is 99.5 Å². The Hall–Kier alpha value is -8.08. The molecule has 0 atom stereocenters. The number of benzene rings is 10. The lowest BCUT2D eigenvalue weighted by molar-refractivity contribution is 0.668. The third-order valence-corrected chi connectivity index (χ3v) is 12.9. The van der Waals surface area contributed by atoms with Gasteiger partial charge in [-0.05, 0) is 166 Å². The van der Waals surface area contributed by atoms with Crippen molar-refractivity contribution in [1.29, 1.82) is 0 Å². The van der Waals surface area contributed by atoms with E-state index >= 15 is 0 Å². The van der Waals surface area contributed by atoms with Gasteiger partial charge in [0, 0.05) is 56.4 Å². The molecule has 4 heteroatoms. The number of hydrogen-bond acceptors (Lipinski definition) is 4. The summed E-state index contributed by atoms with van der Waals surface area (Å²) in [6.07, 6.45) is 0. The summed E-state index contributed by atoms with van der Waals surface area (Å²) in [4.78, 5) is 4.71. The Morgan fingerprint density at radius 1 is 0.290 bits per heavy atom. The summed E-state index contributed by atoms with van der Waals surface area (Å²) in [5.74, 6) is 0. The predicted molar refractivity (Wildman–Crippen MR) is 259 cm³/mol. The van der Waals surface area contributed by atoms with Crippen LogP contribution in [0.5, 0.6) is 0 Å². The van der Waals surface area contributed by atoms with Gasteiger partial charge in [0.2, 0.25) is 0 Å². The average Bonchev–Trinajstić information content (AvgIpc) is 3.86. The lowest BCUT2D eigenvalue weighted by Crippen LogP contribution is -2.11. The molecule has 1 aliphatic carbocycles. The summed E-state index contributed by atoms with van der Waals surface area (Å²) < 4.78 is 12.8. The fourth-order valence-corrected chi connectivity index (χ4v) is 9.91. The van der Waals surface area contributed by atoms with Crippen LogP contribution in [-0.2, 0) is 0 Å². The molecule has 4 nitrogen and oxygen atoms in total. The van der Waals surface area contributed by atoms with Gasteiger partial charge in [0.15, 0.2) is 0 Å². The van der Waals surface area contributed by atoms with Gasteiger partial charge in [-0.1, -0.05) is 84.9 Å². The van der Waals surface area contributed by atoms with Crippen LogP contribution in [0, 0.1) is 13.8 Å². The topological polar surface area (TPSA) is 32.8 Å². The fourth-order valence-electron chi connectivity index (χ4n) is 9.91. The van der Waals surface area contributed by atoms with Crippen molar-refractivity contribution in [2.45, 2.75) is 13.8 Å². The summed E-state index contributed by atoms with van der Waals surface area (Å²) in [6, 6.07) is 70.0. The van der Waals surface area contributed by atoms with Gasteiger partial charge in [0.25, 0.3) is 0 Å². The Balaban J connectivity index is 0.912. The summed E-state index contributed by atoms with van der Waals surface area (Å²) >= 11 is 0. The highest BCUT2D eigenvalue weighted by atomic mass is 16.3. The van der Waals surface area contributed by atoms with Crippen molar-refractivity contribution in [1.82, 2.24) is 0 Å². The lowest BCUT2D eigenvalue weighted by atomic mass is 9.78. The molecular weight excluding hydrogens is 757 g/mol. The maximum atomic E-state index is 6.40. The molecule has 2 aromatic heterocycles. The highest BCUT2D eigenvalue weighted by molar-refractivity contribution is 6.13. The summed E-state index contributed by atoms with van der Waals surface area (Å²) in [5, 5.41) is 9.41. The Morgan fingerprint density at radius 2 is 0.677 bits per heavy atom. The molecule has 0 radical (unpaired) electrons. The quantitative estimate of drug-likeness (QED) is 0.168. The van der Waals surface area contributed by atoms with E-state index < -0.39 is 0 Å². The van der Waals surface area contributed by atoms with Crippen LogP contribution in [0.15, 0.2) is 203 Å². The van der Waals surface area contributed by atoms with Crippen LogP contribution < -0.4 is 9.80 Å². The van der Waals surface area contributed by atoms with Gasteiger partial charge in [0.05, 0.1) is 11.4 Å². The first-order valence-corrected chi connectivity index (χ1v) is 21.2. The number of nitrogens with zero attached hydrogens (tertiary/aromatic N) is 2. The Labute approximate surface area is 358 Å². The highest BCUT2D eigenvalue weighted by Gasteiger charge is 2.26. The number of rotatable bonds is 6. The van der Waals surface area contributed by atoms with E-state index in [0.717, 1.165) is 78.0 Å². The van der Waals surface area contributed by atoms with Crippen molar-refractivity contribution < 1.29 is 8.83 Å². The fraction of sp³-hybridized carbons (Fsp3) is 0.0345. The second kappa shape index (κ2) is 13.2. The van der Waals surface area contributed by atoms with Crippen LogP contribution in [0.3, 0.4) is 0 Å². The second-order valence-corrected chi connectivity index (χ2v) is 16.7. The van der Waals surface area contributed by atoms with Crippen LogP contribution in [0.1, 0.15) is 11.1 Å². The van der Waals surface area contributed by atoms with Gasteiger partial charge >= 0.3 is 0 Å². The molecule has 0 bridgehead atoms. The van der Waals surface area contributed by atoms with Gasteiger partial charge in [-0.2, -0.15) is 0 Å². The number of aryl methyl sites for hydroxylation is 2. The van der Waals surface area contributed by atoms with E-state index in [0.29, 0.717) is 0 Å². The molecule has 0 aliphatic heterocycles. The largest absolute Gasteiger partial charge is 0.456 e. The van der Waals surface area contributed by atoms with Crippen molar-refractivity contribution in [3.05, 3.63) is 205 Å². The monoisotopic (exact) mass is 794 g/mol. The summed E-state index contributed by atoms with van der Waals surface area (Å²) in [5.41, 5.74) is 17.7. The molecule has 13 rings (SSSR count). The molecule has 0 saturated heterocycles. The van der Waals surface area contributed by atoms with E-state index in [1.165, 1.54) is 54.9 Å². The summed E-state index contributed by atoms with van der Waals surface area (Å²) in [7, 11) is 0. The number of para-hydroxylation sites is 4. The van der Waals surface area contributed by atoms with Gasteiger partial charge in [0.1, 0.15) is 22.3 Å². The zero-order chi connectivity index (χ0) is 41.1. The molecule has 62 heavy (non-hydrogen) atoms. The van der Waals surface area contributed by atoms with Gasteiger partial charge in [-0.3, -0.25) is 0 Å². The van der Waals surface area contributed by atoms with Gasteiger partial charge < -0.3 is 18.6 Å². The normalized spacial score (nSPS) is 12.0. The Morgan fingerprint density at radius 3 is 1.11 bits per heavy atom. The number of fused-ring (bicyclic) bond motifs is 12. The first-order valence-electron chi connectivity index (χ1n) is 21.2. The van der Waals surface area contributed by atoms with Crippen LogP contribution in [0.4, 0.5) is 34.1 Å². The number of furan rings is 2. The molecule has 10 aromatic carbocycles. The molecule has 1 aliphatic rings. The minimum atomic E-state index is 0.885. The smallest absolute Gasteiger partial charge is 0.137 e. The minimum absolute atomic E-state index is 0.885. The van der Waals surface area contributed by atoms with Crippen LogP contribution in [0.2, 0.25) is 0 Å². The zero-order valence-corrected chi connectivity index (χ0v) is 34.2.